The highest BCUT2D eigenvalue weighted by molar-refractivity contribution is 6.51. The fourth-order valence-electron chi connectivity index (χ4n) is 4.18. The van der Waals surface area contributed by atoms with Gasteiger partial charge in [-0.3, -0.25) is 14.5 Å². The van der Waals surface area contributed by atoms with Crippen LogP contribution in [0.25, 0.3) is 5.76 Å². The number of amides is 1. The minimum absolute atomic E-state index is 0.0629. The summed E-state index contributed by atoms with van der Waals surface area (Å²) in [7, 11) is 0. The van der Waals surface area contributed by atoms with E-state index in [9.17, 15) is 19.1 Å². The summed E-state index contributed by atoms with van der Waals surface area (Å²) in [6, 6.07) is 17.2. The Balaban J connectivity index is 1.69. The minimum atomic E-state index is -0.876. The third-order valence-electron chi connectivity index (χ3n) is 5.80. The Morgan fingerprint density at radius 3 is 2.42 bits per heavy atom. The molecule has 1 amide bonds. The van der Waals surface area contributed by atoms with Gasteiger partial charge in [0.2, 0.25) is 0 Å². The zero-order valence-electron chi connectivity index (χ0n) is 17.7. The van der Waals surface area contributed by atoms with Gasteiger partial charge in [0.1, 0.15) is 24.8 Å². The average Bonchev–Trinajstić information content (AvgIpc) is 3.11. The van der Waals surface area contributed by atoms with Gasteiger partial charge in [-0.1, -0.05) is 30.3 Å². The lowest BCUT2D eigenvalue weighted by Crippen LogP contribution is -2.29. The number of nitrogens with zero attached hydrogens (tertiary/aromatic N) is 1. The van der Waals surface area contributed by atoms with Gasteiger partial charge in [0.15, 0.2) is 11.5 Å². The molecule has 0 spiro atoms. The van der Waals surface area contributed by atoms with E-state index in [1.807, 2.05) is 6.07 Å². The first-order valence-corrected chi connectivity index (χ1v) is 10.5. The molecule has 0 radical (unpaired) electrons. The number of aryl methyl sites for hydroxylation is 1. The lowest BCUT2D eigenvalue weighted by Gasteiger charge is -2.27. The molecule has 6 nitrogen and oxygen atoms in total. The number of carbonyl (C=O) groups excluding carboxylic acids is 2. The average molecular weight is 445 g/mol. The molecular formula is C26H20FNO5. The number of halogens is 1. The van der Waals surface area contributed by atoms with Crippen molar-refractivity contribution in [3.05, 3.63) is 94.8 Å². The van der Waals surface area contributed by atoms with Gasteiger partial charge in [-0.05, 0) is 48.4 Å². The van der Waals surface area contributed by atoms with Crippen molar-refractivity contribution >= 4 is 23.1 Å². The summed E-state index contributed by atoms with van der Waals surface area (Å²) in [5.74, 6) is -1.35. The van der Waals surface area contributed by atoms with E-state index < -0.39 is 23.5 Å². The lowest BCUT2D eigenvalue weighted by molar-refractivity contribution is -0.132. The molecule has 0 saturated carbocycles. The number of ether oxygens (including phenoxy) is 2. The molecule has 2 heterocycles. The topological polar surface area (TPSA) is 76.1 Å². The van der Waals surface area contributed by atoms with Crippen molar-refractivity contribution in [1.82, 2.24) is 0 Å². The first kappa shape index (κ1) is 20.8. The van der Waals surface area contributed by atoms with Crippen LogP contribution in [-0.4, -0.2) is 30.0 Å². The van der Waals surface area contributed by atoms with Gasteiger partial charge in [0.05, 0.1) is 11.6 Å². The molecule has 5 rings (SSSR count). The van der Waals surface area contributed by atoms with E-state index in [0.29, 0.717) is 41.5 Å². The predicted molar refractivity (Wildman–Crippen MR) is 120 cm³/mol. The molecule has 1 saturated heterocycles. The number of rotatable bonds is 3. The number of benzene rings is 3. The molecule has 1 atom stereocenters. The first-order valence-electron chi connectivity index (χ1n) is 10.5. The smallest absolute Gasteiger partial charge is 0.300 e. The van der Waals surface area contributed by atoms with Gasteiger partial charge < -0.3 is 14.6 Å². The number of aliphatic hydroxyl groups excluding tert-OH is 1. The Kier molecular flexibility index (Phi) is 5.09. The van der Waals surface area contributed by atoms with Gasteiger partial charge in [-0.15, -0.1) is 0 Å². The van der Waals surface area contributed by atoms with Crippen LogP contribution >= 0.6 is 0 Å². The second-order valence-corrected chi connectivity index (χ2v) is 7.87. The molecular weight excluding hydrogens is 425 g/mol. The zero-order valence-corrected chi connectivity index (χ0v) is 17.7. The summed E-state index contributed by atoms with van der Waals surface area (Å²) in [6.07, 6.45) is 0. The maximum atomic E-state index is 13.8. The van der Waals surface area contributed by atoms with Crippen molar-refractivity contribution in [3.63, 3.8) is 0 Å². The Hall–Kier alpha value is -4.13. The molecule has 1 fully saturated rings. The first-order chi connectivity index (χ1) is 16.0. The second kappa shape index (κ2) is 8.09. The van der Waals surface area contributed by atoms with E-state index in [0.717, 1.165) is 0 Å². The number of ketones is 1. The van der Waals surface area contributed by atoms with E-state index in [2.05, 4.69) is 0 Å². The molecule has 0 aliphatic carbocycles. The van der Waals surface area contributed by atoms with E-state index in [-0.39, 0.29) is 16.9 Å². The molecule has 7 heteroatoms. The number of hydrogen-bond acceptors (Lipinski definition) is 5. The van der Waals surface area contributed by atoms with Gasteiger partial charge >= 0.3 is 0 Å². The highest BCUT2D eigenvalue weighted by Crippen LogP contribution is 2.44. The standard InChI is InChI=1S/C26H20FNO5/c1-15-13-17(7-9-19(15)27)24(29)22-23(16-5-3-2-4-6-16)28(26(31)25(22)30)18-8-10-20-21(14-18)33-12-11-32-20/h2-10,13-14,23,29H,11-12H2,1H3/b24-22+. The molecule has 2 aliphatic rings. The fraction of sp³-hybridized carbons (Fsp3) is 0.154. The van der Waals surface area contributed by atoms with Crippen molar-refractivity contribution in [2.45, 2.75) is 13.0 Å². The van der Waals surface area contributed by atoms with Crippen LogP contribution in [0.3, 0.4) is 0 Å². The van der Waals surface area contributed by atoms with Crippen LogP contribution in [0.5, 0.6) is 11.5 Å². The molecule has 3 aromatic rings. The third kappa shape index (κ3) is 3.51. The van der Waals surface area contributed by atoms with Crippen LogP contribution in [0.1, 0.15) is 22.7 Å². The number of hydrogen-bond donors (Lipinski definition) is 1. The predicted octanol–water partition coefficient (Wildman–Crippen LogP) is 4.53. The largest absolute Gasteiger partial charge is 0.507 e. The van der Waals surface area contributed by atoms with Crippen molar-refractivity contribution in [3.8, 4) is 11.5 Å². The number of fused-ring (bicyclic) bond motifs is 1. The maximum absolute atomic E-state index is 13.8. The van der Waals surface area contributed by atoms with E-state index in [1.165, 1.54) is 23.1 Å². The molecule has 3 aromatic carbocycles. The summed E-state index contributed by atoms with van der Waals surface area (Å²) in [4.78, 5) is 27.8. The second-order valence-electron chi connectivity index (χ2n) is 7.87. The summed E-state index contributed by atoms with van der Waals surface area (Å²) < 4.78 is 25.0. The molecule has 1 N–H and O–H groups in total. The van der Waals surface area contributed by atoms with Crippen LogP contribution in [0.15, 0.2) is 72.3 Å². The lowest BCUT2D eigenvalue weighted by atomic mass is 9.94. The highest BCUT2D eigenvalue weighted by Gasteiger charge is 2.47. The normalized spacial score (nSPS) is 19.1. The quantitative estimate of drug-likeness (QED) is 0.364. The third-order valence-corrected chi connectivity index (χ3v) is 5.80. The molecule has 2 aliphatic heterocycles. The SMILES string of the molecule is Cc1cc(/C(O)=C2\C(=O)C(=O)N(c3ccc4c(c3)OCCO4)C2c2ccccc2)ccc1F. The highest BCUT2D eigenvalue weighted by atomic mass is 19.1. The van der Waals surface area contributed by atoms with E-state index >= 15 is 0 Å². The Morgan fingerprint density at radius 2 is 1.70 bits per heavy atom. The van der Waals surface area contributed by atoms with E-state index in [4.69, 9.17) is 9.47 Å². The van der Waals surface area contributed by atoms with Crippen LogP contribution in [0, 0.1) is 12.7 Å². The zero-order chi connectivity index (χ0) is 23.1. The molecule has 33 heavy (non-hydrogen) atoms. The fourth-order valence-corrected chi connectivity index (χ4v) is 4.18. The van der Waals surface area contributed by atoms with Crippen LogP contribution in [0.4, 0.5) is 10.1 Å². The molecule has 0 bridgehead atoms. The van der Waals surface area contributed by atoms with Crippen LogP contribution in [0.2, 0.25) is 0 Å². The number of Topliss-reactive ketones (excluding diaryl/α,β-unsaturated/α-hetero) is 1. The van der Waals surface area contributed by atoms with Crippen molar-refractivity contribution < 1.29 is 28.6 Å². The van der Waals surface area contributed by atoms with Crippen molar-refractivity contribution in [2.24, 2.45) is 0 Å². The Bertz CT molecular complexity index is 1300. The van der Waals surface area contributed by atoms with E-state index in [1.54, 1.807) is 49.4 Å². The van der Waals surface area contributed by atoms with Crippen LogP contribution in [-0.2, 0) is 9.59 Å². The van der Waals surface area contributed by atoms with Gasteiger partial charge in [0, 0.05) is 17.3 Å². The van der Waals surface area contributed by atoms with Crippen molar-refractivity contribution in [2.75, 3.05) is 18.1 Å². The Labute approximate surface area is 189 Å². The number of carbonyl (C=O) groups is 2. The summed E-state index contributed by atoms with van der Waals surface area (Å²) in [5, 5.41) is 11.1. The molecule has 0 aromatic heterocycles. The minimum Gasteiger partial charge on any atom is -0.507 e. The molecule has 166 valence electrons. The molecule has 1 unspecified atom stereocenters. The monoisotopic (exact) mass is 445 g/mol. The number of aliphatic hydroxyl groups is 1. The van der Waals surface area contributed by atoms with Gasteiger partial charge in [-0.2, -0.15) is 0 Å². The van der Waals surface area contributed by atoms with Crippen LogP contribution < -0.4 is 14.4 Å². The Morgan fingerprint density at radius 1 is 0.970 bits per heavy atom. The van der Waals surface area contributed by atoms with Crippen molar-refractivity contribution in [1.29, 1.82) is 0 Å². The van der Waals surface area contributed by atoms with Gasteiger partial charge in [-0.25, -0.2) is 4.39 Å². The number of anilines is 1. The van der Waals surface area contributed by atoms with Gasteiger partial charge in [0.25, 0.3) is 11.7 Å². The summed E-state index contributed by atoms with van der Waals surface area (Å²) in [5.41, 5.74) is 1.59. The summed E-state index contributed by atoms with van der Waals surface area (Å²) >= 11 is 0. The summed E-state index contributed by atoms with van der Waals surface area (Å²) in [6.45, 7) is 2.37. The maximum Gasteiger partial charge on any atom is 0.300 e.